The zero-order chi connectivity index (χ0) is 19.1. The topological polar surface area (TPSA) is 58.2 Å². The van der Waals surface area contributed by atoms with E-state index < -0.39 is 0 Å². The minimum Gasteiger partial charge on any atom is -0.345 e. The maximum Gasteiger partial charge on any atom is 0.253 e. The van der Waals surface area contributed by atoms with E-state index in [0.29, 0.717) is 11.3 Å². The number of anilines is 1. The number of nitrogens with one attached hydrogen (secondary N) is 2. The van der Waals surface area contributed by atoms with E-state index in [1.807, 2.05) is 67.6 Å². The smallest absolute Gasteiger partial charge is 0.253 e. The van der Waals surface area contributed by atoms with Crippen molar-refractivity contribution < 1.29 is 9.59 Å². The number of carbonyl (C=O) groups is 2. The summed E-state index contributed by atoms with van der Waals surface area (Å²) in [6.07, 6.45) is 0.261. The first-order chi connectivity index (χ1) is 13.1. The van der Waals surface area contributed by atoms with Crippen LogP contribution >= 0.6 is 0 Å². The SMILES string of the molecule is C[C@H](NC(=O)c1ccccc1NC(=O)Cc1ccccc1)c1ccccc1. The van der Waals surface area contributed by atoms with Gasteiger partial charge in [-0.3, -0.25) is 9.59 Å². The Hall–Kier alpha value is -3.40. The minimum absolute atomic E-state index is 0.133. The van der Waals surface area contributed by atoms with E-state index in [1.54, 1.807) is 24.3 Å². The van der Waals surface area contributed by atoms with Crippen molar-refractivity contribution in [3.8, 4) is 0 Å². The van der Waals surface area contributed by atoms with Crippen molar-refractivity contribution >= 4 is 17.5 Å². The second-order valence-electron chi connectivity index (χ2n) is 6.36. The summed E-state index contributed by atoms with van der Waals surface area (Å²) in [5.74, 6) is -0.375. The van der Waals surface area contributed by atoms with Gasteiger partial charge in [0.1, 0.15) is 0 Å². The maximum absolute atomic E-state index is 12.7. The summed E-state index contributed by atoms with van der Waals surface area (Å²) in [6, 6.07) is 26.2. The van der Waals surface area contributed by atoms with Crippen LogP contribution in [0.25, 0.3) is 0 Å². The molecule has 3 aromatic carbocycles. The highest BCUT2D eigenvalue weighted by Crippen LogP contribution is 2.18. The van der Waals surface area contributed by atoms with Crippen molar-refractivity contribution in [3.63, 3.8) is 0 Å². The molecule has 2 N–H and O–H groups in total. The number of amides is 2. The molecule has 3 rings (SSSR count). The van der Waals surface area contributed by atoms with Crippen molar-refractivity contribution in [1.29, 1.82) is 0 Å². The Morgan fingerprint density at radius 1 is 0.815 bits per heavy atom. The molecular formula is C23H22N2O2. The molecule has 0 bridgehead atoms. The molecule has 0 aliphatic rings. The van der Waals surface area contributed by atoms with Crippen LogP contribution < -0.4 is 10.6 Å². The summed E-state index contributed by atoms with van der Waals surface area (Å²) in [4.78, 5) is 25.1. The molecule has 3 aromatic rings. The van der Waals surface area contributed by atoms with Crippen LogP contribution in [0.4, 0.5) is 5.69 Å². The molecule has 0 unspecified atom stereocenters. The number of para-hydroxylation sites is 1. The molecule has 0 aliphatic heterocycles. The average Bonchev–Trinajstić information content (AvgIpc) is 2.69. The van der Waals surface area contributed by atoms with Crippen LogP contribution in [0.1, 0.15) is 34.5 Å². The Morgan fingerprint density at radius 2 is 1.41 bits per heavy atom. The molecule has 4 nitrogen and oxygen atoms in total. The number of rotatable bonds is 6. The van der Waals surface area contributed by atoms with E-state index in [9.17, 15) is 9.59 Å². The maximum atomic E-state index is 12.7. The van der Waals surface area contributed by atoms with Gasteiger partial charge < -0.3 is 10.6 Å². The summed E-state index contributed by atoms with van der Waals surface area (Å²) in [5.41, 5.74) is 2.91. The monoisotopic (exact) mass is 358 g/mol. The zero-order valence-corrected chi connectivity index (χ0v) is 15.2. The van der Waals surface area contributed by atoms with Gasteiger partial charge in [0, 0.05) is 0 Å². The number of benzene rings is 3. The molecule has 1 atom stereocenters. The third-order valence-electron chi connectivity index (χ3n) is 4.30. The van der Waals surface area contributed by atoms with E-state index in [1.165, 1.54) is 0 Å². The first kappa shape index (κ1) is 18.4. The van der Waals surface area contributed by atoms with Gasteiger partial charge in [0.25, 0.3) is 5.91 Å². The zero-order valence-electron chi connectivity index (χ0n) is 15.2. The summed E-state index contributed by atoms with van der Waals surface area (Å²) in [6.45, 7) is 1.93. The number of carbonyl (C=O) groups excluding carboxylic acids is 2. The number of hydrogen-bond donors (Lipinski definition) is 2. The molecular weight excluding hydrogens is 336 g/mol. The Balaban J connectivity index is 1.69. The van der Waals surface area contributed by atoms with Crippen LogP contribution in [0.2, 0.25) is 0 Å². The fourth-order valence-corrected chi connectivity index (χ4v) is 2.87. The normalized spacial score (nSPS) is 11.4. The van der Waals surface area contributed by atoms with Crippen molar-refractivity contribution in [2.75, 3.05) is 5.32 Å². The Labute approximate surface area is 159 Å². The van der Waals surface area contributed by atoms with Gasteiger partial charge in [-0.2, -0.15) is 0 Å². The summed E-state index contributed by atoms with van der Waals surface area (Å²) in [5, 5.41) is 5.84. The molecule has 0 radical (unpaired) electrons. The van der Waals surface area contributed by atoms with Gasteiger partial charge in [0.05, 0.1) is 23.7 Å². The molecule has 0 spiro atoms. The van der Waals surface area contributed by atoms with Crippen LogP contribution in [0.3, 0.4) is 0 Å². The summed E-state index contributed by atoms with van der Waals surface area (Å²) >= 11 is 0. The lowest BCUT2D eigenvalue weighted by atomic mass is 10.1. The first-order valence-electron chi connectivity index (χ1n) is 8.92. The standard InChI is InChI=1S/C23H22N2O2/c1-17(19-12-6-3-7-13-19)24-23(27)20-14-8-9-15-21(20)25-22(26)16-18-10-4-2-5-11-18/h2-15,17H,16H2,1H3,(H,24,27)(H,25,26)/t17-/m0/s1. The van der Waals surface area contributed by atoms with Crippen LogP contribution in [0.5, 0.6) is 0 Å². The van der Waals surface area contributed by atoms with Crippen LogP contribution in [0, 0.1) is 0 Å². The van der Waals surface area contributed by atoms with Crippen molar-refractivity contribution in [2.45, 2.75) is 19.4 Å². The van der Waals surface area contributed by atoms with Gasteiger partial charge in [-0.1, -0.05) is 72.8 Å². The van der Waals surface area contributed by atoms with Gasteiger partial charge >= 0.3 is 0 Å². The van der Waals surface area contributed by atoms with Crippen LogP contribution in [0.15, 0.2) is 84.9 Å². The molecule has 136 valence electrons. The first-order valence-corrected chi connectivity index (χ1v) is 8.92. The molecule has 0 saturated heterocycles. The summed E-state index contributed by atoms with van der Waals surface area (Å²) < 4.78 is 0. The molecule has 27 heavy (non-hydrogen) atoms. The van der Waals surface area contributed by atoms with Crippen LogP contribution in [-0.4, -0.2) is 11.8 Å². The van der Waals surface area contributed by atoms with Gasteiger partial charge in [-0.25, -0.2) is 0 Å². The predicted octanol–water partition coefficient (Wildman–Crippen LogP) is 4.36. The summed E-state index contributed by atoms with van der Waals surface area (Å²) in [7, 11) is 0. The van der Waals surface area contributed by atoms with E-state index in [2.05, 4.69) is 10.6 Å². The highest BCUT2D eigenvalue weighted by atomic mass is 16.2. The fourth-order valence-electron chi connectivity index (χ4n) is 2.87. The van der Waals surface area contributed by atoms with Gasteiger partial charge in [0.15, 0.2) is 0 Å². The Bertz CT molecular complexity index is 908. The van der Waals surface area contributed by atoms with Crippen molar-refractivity contribution in [2.24, 2.45) is 0 Å². The molecule has 0 aliphatic carbocycles. The third kappa shape index (κ3) is 5.05. The minimum atomic E-state index is -0.220. The lowest BCUT2D eigenvalue weighted by Crippen LogP contribution is -2.28. The van der Waals surface area contributed by atoms with Crippen LogP contribution in [-0.2, 0) is 11.2 Å². The van der Waals surface area contributed by atoms with Gasteiger partial charge in [0.2, 0.25) is 5.91 Å². The van der Waals surface area contributed by atoms with Crippen molar-refractivity contribution in [3.05, 3.63) is 102 Å². The van der Waals surface area contributed by atoms with E-state index >= 15 is 0 Å². The third-order valence-corrected chi connectivity index (χ3v) is 4.30. The largest absolute Gasteiger partial charge is 0.345 e. The molecule has 2 amide bonds. The Kier molecular flexibility index (Phi) is 6.00. The van der Waals surface area contributed by atoms with E-state index in [0.717, 1.165) is 11.1 Å². The van der Waals surface area contributed by atoms with E-state index in [4.69, 9.17) is 0 Å². The highest BCUT2D eigenvalue weighted by molar-refractivity contribution is 6.04. The molecule has 4 heteroatoms. The van der Waals surface area contributed by atoms with E-state index in [-0.39, 0.29) is 24.3 Å². The fraction of sp³-hybridized carbons (Fsp3) is 0.130. The quantitative estimate of drug-likeness (QED) is 0.688. The average molecular weight is 358 g/mol. The Morgan fingerprint density at radius 3 is 2.11 bits per heavy atom. The van der Waals surface area contributed by atoms with Gasteiger partial charge in [-0.15, -0.1) is 0 Å². The molecule has 0 saturated carbocycles. The second-order valence-corrected chi connectivity index (χ2v) is 6.36. The molecule has 0 heterocycles. The van der Waals surface area contributed by atoms with Gasteiger partial charge in [-0.05, 0) is 30.2 Å². The lowest BCUT2D eigenvalue weighted by molar-refractivity contribution is -0.115. The lowest BCUT2D eigenvalue weighted by Gasteiger charge is -2.16. The predicted molar refractivity (Wildman–Crippen MR) is 108 cm³/mol. The van der Waals surface area contributed by atoms with Crippen molar-refractivity contribution in [1.82, 2.24) is 5.32 Å². The molecule has 0 aromatic heterocycles. The molecule has 0 fully saturated rings. The highest BCUT2D eigenvalue weighted by Gasteiger charge is 2.16. The second kappa shape index (κ2) is 8.81. The number of hydrogen-bond acceptors (Lipinski definition) is 2.